The zero-order valence-corrected chi connectivity index (χ0v) is 12.1. The van der Waals surface area contributed by atoms with Gasteiger partial charge in [0.05, 0.1) is 12.9 Å². The van der Waals surface area contributed by atoms with Gasteiger partial charge in [-0.1, -0.05) is 5.16 Å². The molecule has 0 heterocycles. The third-order valence-corrected chi connectivity index (χ3v) is 3.83. The summed E-state index contributed by atoms with van der Waals surface area (Å²) in [6.45, 7) is -0.816. The Morgan fingerprint density at radius 1 is 1.32 bits per heavy atom. The maximum absolute atomic E-state index is 12.1. The van der Waals surface area contributed by atoms with Crippen LogP contribution in [0.1, 0.15) is 5.56 Å². The molecular weight excluding hydrogens is 325 g/mol. The van der Waals surface area contributed by atoms with Gasteiger partial charge in [-0.15, -0.1) is 0 Å². The predicted molar refractivity (Wildman–Crippen MR) is 70.9 cm³/mol. The van der Waals surface area contributed by atoms with Gasteiger partial charge in [0, 0.05) is 5.56 Å². The fourth-order valence-corrected chi connectivity index (χ4v) is 1.78. The van der Waals surface area contributed by atoms with E-state index in [0.717, 1.165) is 0 Å². The minimum atomic E-state index is -5.34. The maximum atomic E-state index is 12.1. The summed E-state index contributed by atoms with van der Waals surface area (Å²) in [4.78, 5) is 4.48. The molecule has 0 bridgehead atoms. The van der Waals surface area contributed by atoms with E-state index in [-0.39, 0.29) is 5.71 Å². The highest BCUT2D eigenvalue weighted by molar-refractivity contribution is 7.92. The first-order valence-corrected chi connectivity index (χ1v) is 7.40. The van der Waals surface area contributed by atoms with Crippen molar-refractivity contribution >= 4 is 15.5 Å². The standard InChI is InChI=1S/C12H11F3N2O4S/c1-20-10-4-2-9(3-5-10)11(8-16)17-21-6-7-22(18,19)12(13,14)15/h2-5H,6-7H2,1H3/b17-11+. The summed E-state index contributed by atoms with van der Waals surface area (Å²) in [6.07, 6.45) is 0. The molecule has 0 amide bonds. The smallest absolute Gasteiger partial charge is 0.497 e. The van der Waals surface area contributed by atoms with Crippen molar-refractivity contribution in [1.29, 1.82) is 5.26 Å². The Labute approximate surface area is 124 Å². The van der Waals surface area contributed by atoms with Gasteiger partial charge in [-0.25, -0.2) is 8.42 Å². The minimum Gasteiger partial charge on any atom is -0.497 e. The normalized spacial score (nSPS) is 12.6. The fourth-order valence-electron chi connectivity index (χ4n) is 1.26. The quantitative estimate of drug-likeness (QED) is 0.449. The average molecular weight is 336 g/mol. The van der Waals surface area contributed by atoms with Crippen LogP contribution in [0, 0.1) is 11.3 Å². The number of sulfone groups is 1. The van der Waals surface area contributed by atoms with E-state index in [0.29, 0.717) is 11.3 Å². The van der Waals surface area contributed by atoms with Crippen LogP contribution in [-0.4, -0.2) is 39.1 Å². The molecule has 0 aromatic heterocycles. The van der Waals surface area contributed by atoms with Gasteiger partial charge in [-0.05, 0) is 24.3 Å². The SMILES string of the molecule is COc1ccc(/C(C#N)=N/OCCS(=O)(=O)C(F)(F)F)cc1. The van der Waals surface area contributed by atoms with E-state index in [1.807, 2.05) is 0 Å². The highest BCUT2D eigenvalue weighted by atomic mass is 32.2. The lowest BCUT2D eigenvalue weighted by atomic mass is 10.1. The molecule has 1 aromatic rings. The molecule has 0 N–H and O–H groups in total. The summed E-state index contributed by atoms with van der Waals surface area (Å²) >= 11 is 0. The molecule has 0 atom stereocenters. The number of alkyl halides is 3. The molecule has 0 spiro atoms. The first-order chi connectivity index (χ1) is 10.2. The molecule has 0 aliphatic heterocycles. The minimum absolute atomic E-state index is 0.202. The molecule has 0 saturated heterocycles. The van der Waals surface area contributed by atoms with Crippen molar-refractivity contribution in [3.05, 3.63) is 29.8 Å². The van der Waals surface area contributed by atoms with E-state index < -0.39 is 27.7 Å². The second-order valence-electron chi connectivity index (χ2n) is 3.88. The zero-order chi connectivity index (χ0) is 16.8. The zero-order valence-electron chi connectivity index (χ0n) is 11.3. The molecule has 0 fully saturated rings. The Morgan fingerprint density at radius 3 is 2.36 bits per heavy atom. The van der Waals surface area contributed by atoms with E-state index in [2.05, 4.69) is 9.99 Å². The Balaban J connectivity index is 2.69. The topological polar surface area (TPSA) is 88.8 Å². The Bertz CT molecular complexity index is 676. The molecule has 0 radical (unpaired) electrons. The van der Waals surface area contributed by atoms with Crippen LogP contribution < -0.4 is 4.74 Å². The Kier molecular flexibility index (Phi) is 5.76. The van der Waals surface area contributed by atoms with Gasteiger partial charge in [-0.3, -0.25) is 0 Å². The number of hydrogen-bond donors (Lipinski definition) is 0. The van der Waals surface area contributed by atoms with Crippen molar-refractivity contribution in [1.82, 2.24) is 0 Å². The third-order valence-electron chi connectivity index (χ3n) is 2.42. The molecule has 6 nitrogen and oxygen atoms in total. The lowest BCUT2D eigenvalue weighted by molar-refractivity contribution is -0.0440. The molecule has 0 unspecified atom stereocenters. The highest BCUT2D eigenvalue weighted by Crippen LogP contribution is 2.23. The van der Waals surface area contributed by atoms with Gasteiger partial charge in [0.15, 0.2) is 5.71 Å². The van der Waals surface area contributed by atoms with E-state index in [4.69, 9.17) is 10.00 Å². The van der Waals surface area contributed by atoms with Crippen LogP contribution in [-0.2, 0) is 14.7 Å². The van der Waals surface area contributed by atoms with Crippen molar-refractivity contribution in [3.8, 4) is 11.8 Å². The Morgan fingerprint density at radius 2 is 1.91 bits per heavy atom. The first-order valence-electron chi connectivity index (χ1n) is 5.75. The monoisotopic (exact) mass is 336 g/mol. The summed E-state index contributed by atoms with van der Waals surface area (Å²) in [5.41, 5.74) is -5.19. The molecule has 1 aromatic carbocycles. The van der Waals surface area contributed by atoms with Crippen LogP contribution in [0.5, 0.6) is 5.75 Å². The maximum Gasteiger partial charge on any atom is 0.497 e. The molecule has 22 heavy (non-hydrogen) atoms. The van der Waals surface area contributed by atoms with Crippen LogP contribution in [0.3, 0.4) is 0 Å². The Hall–Kier alpha value is -2.28. The van der Waals surface area contributed by atoms with Crippen molar-refractivity contribution in [2.45, 2.75) is 5.51 Å². The van der Waals surface area contributed by atoms with E-state index in [1.165, 1.54) is 19.2 Å². The molecule has 120 valence electrons. The van der Waals surface area contributed by atoms with Crippen molar-refractivity contribution < 1.29 is 31.2 Å². The van der Waals surface area contributed by atoms with E-state index in [1.54, 1.807) is 18.2 Å². The second kappa shape index (κ2) is 7.13. The van der Waals surface area contributed by atoms with Crippen LogP contribution in [0.4, 0.5) is 13.2 Å². The average Bonchev–Trinajstić information content (AvgIpc) is 2.46. The number of methoxy groups -OCH3 is 1. The molecule has 0 aliphatic rings. The summed E-state index contributed by atoms with van der Waals surface area (Å²) in [5.74, 6) is -0.736. The summed E-state index contributed by atoms with van der Waals surface area (Å²) in [6, 6.07) is 7.79. The number of nitriles is 1. The molecule has 0 aliphatic carbocycles. The first kappa shape index (κ1) is 17.8. The largest absolute Gasteiger partial charge is 0.497 e. The van der Waals surface area contributed by atoms with Gasteiger partial charge in [0.25, 0.3) is 9.84 Å². The van der Waals surface area contributed by atoms with Gasteiger partial charge in [-0.2, -0.15) is 18.4 Å². The van der Waals surface area contributed by atoms with Crippen molar-refractivity contribution in [3.63, 3.8) is 0 Å². The van der Waals surface area contributed by atoms with Gasteiger partial charge in [0.1, 0.15) is 18.4 Å². The molecule has 0 saturated carbocycles. The number of benzene rings is 1. The molecule has 10 heteroatoms. The number of rotatable bonds is 6. The highest BCUT2D eigenvalue weighted by Gasteiger charge is 2.45. The number of nitrogens with zero attached hydrogens (tertiary/aromatic N) is 2. The number of hydrogen-bond acceptors (Lipinski definition) is 6. The van der Waals surface area contributed by atoms with Crippen molar-refractivity contribution in [2.24, 2.45) is 5.16 Å². The van der Waals surface area contributed by atoms with E-state index in [9.17, 15) is 21.6 Å². The lowest BCUT2D eigenvalue weighted by Crippen LogP contribution is -2.27. The molecule has 1 rings (SSSR count). The number of ether oxygens (including phenoxy) is 1. The summed E-state index contributed by atoms with van der Waals surface area (Å²) < 4.78 is 62.7. The van der Waals surface area contributed by atoms with Crippen LogP contribution in [0.15, 0.2) is 29.4 Å². The summed E-state index contributed by atoms with van der Waals surface area (Å²) in [5, 5.41) is 12.2. The second-order valence-corrected chi connectivity index (χ2v) is 5.98. The number of oxime groups is 1. The van der Waals surface area contributed by atoms with E-state index >= 15 is 0 Å². The number of halogens is 3. The van der Waals surface area contributed by atoms with Crippen LogP contribution in [0.25, 0.3) is 0 Å². The van der Waals surface area contributed by atoms with Gasteiger partial charge >= 0.3 is 5.51 Å². The summed E-state index contributed by atoms with van der Waals surface area (Å²) in [7, 11) is -3.81. The van der Waals surface area contributed by atoms with Crippen molar-refractivity contribution in [2.75, 3.05) is 19.5 Å². The third kappa shape index (κ3) is 4.63. The van der Waals surface area contributed by atoms with Gasteiger partial charge in [0.2, 0.25) is 0 Å². The van der Waals surface area contributed by atoms with Gasteiger partial charge < -0.3 is 9.57 Å². The molecular formula is C12H11F3N2O4S. The van der Waals surface area contributed by atoms with Crippen LogP contribution in [0.2, 0.25) is 0 Å². The predicted octanol–water partition coefficient (Wildman–Crippen LogP) is 1.87. The van der Waals surface area contributed by atoms with Crippen LogP contribution >= 0.6 is 0 Å². The fraction of sp³-hybridized carbons (Fsp3) is 0.333. The lowest BCUT2D eigenvalue weighted by Gasteiger charge is -2.07.